The van der Waals surface area contributed by atoms with Gasteiger partial charge in [-0.2, -0.15) is 13.2 Å². The number of H-pyrrole nitrogens is 1. The second-order valence-electron chi connectivity index (χ2n) is 7.76. The first-order valence-electron chi connectivity index (χ1n) is 9.96. The molecule has 1 aliphatic rings. The molecule has 0 aliphatic heterocycles. The summed E-state index contributed by atoms with van der Waals surface area (Å²) >= 11 is 0. The van der Waals surface area contributed by atoms with Gasteiger partial charge in [-0.15, -0.1) is 0 Å². The number of benzene rings is 2. The molecule has 1 aliphatic carbocycles. The van der Waals surface area contributed by atoms with Crippen LogP contribution in [0.1, 0.15) is 42.9 Å². The SMILES string of the molecule is O=C(Cc1ccc(C(F)(F)F)cc1)NC1CCC(n2c(=O)[nH]c3ccccc32)CC1. The fourth-order valence-electron chi connectivity index (χ4n) is 4.19. The highest BCUT2D eigenvalue weighted by molar-refractivity contribution is 5.79. The van der Waals surface area contributed by atoms with Crippen LogP contribution in [0.4, 0.5) is 13.2 Å². The van der Waals surface area contributed by atoms with Crippen LogP contribution < -0.4 is 11.0 Å². The lowest BCUT2D eigenvalue weighted by atomic mass is 9.90. The van der Waals surface area contributed by atoms with Gasteiger partial charge in [0.05, 0.1) is 23.0 Å². The number of imidazole rings is 1. The van der Waals surface area contributed by atoms with Crippen molar-refractivity contribution >= 4 is 16.9 Å². The Morgan fingerprint density at radius 3 is 2.37 bits per heavy atom. The molecule has 1 fully saturated rings. The topological polar surface area (TPSA) is 66.9 Å². The lowest BCUT2D eigenvalue weighted by Gasteiger charge is -2.30. The molecule has 5 nitrogen and oxygen atoms in total. The van der Waals surface area contributed by atoms with Gasteiger partial charge in [0.25, 0.3) is 0 Å². The zero-order valence-electron chi connectivity index (χ0n) is 16.2. The van der Waals surface area contributed by atoms with E-state index in [0.29, 0.717) is 5.56 Å². The first-order valence-corrected chi connectivity index (χ1v) is 9.96. The molecule has 1 heterocycles. The molecular weight excluding hydrogens is 395 g/mol. The molecule has 0 atom stereocenters. The summed E-state index contributed by atoms with van der Waals surface area (Å²) in [6, 6.07) is 12.3. The molecule has 4 rings (SSSR count). The van der Waals surface area contributed by atoms with Gasteiger partial charge < -0.3 is 10.3 Å². The number of para-hydroxylation sites is 2. The lowest BCUT2D eigenvalue weighted by Crippen LogP contribution is -2.39. The summed E-state index contributed by atoms with van der Waals surface area (Å²) < 4.78 is 39.7. The molecule has 1 saturated carbocycles. The van der Waals surface area contributed by atoms with Gasteiger partial charge in [-0.3, -0.25) is 9.36 Å². The van der Waals surface area contributed by atoms with Gasteiger partial charge in [-0.25, -0.2) is 4.79 Å². The normalized spacial score (nSPS) is 19.7. The number of nitrogens with one attached hydrogen (secondary N) is 2. The monoisotopic (exact) mass is 417 g/mol. The van der Waals surface area contributed by atoms with Crippen LogP contribution in [0, 0.1) is 0 Å². The maximum Gasteiger partial charge on any atom is 0.416 e. The molecule has 1 amide bonds. The molecule has 2 aromatic carbocycles. The smallest absolute Gasteiger partial charge is 0.353 e. The Labute approximate surface area is 170 Å². The number of amides is 1. The number of nitrogens with zero attached hydrogens (tertiary/aromatic N) is 1. The summed E-state index contributed by atoms with van der Waals surface area (Å²) in [4.78, 5) is 27.5. The number of alkyl halides is 3. The number of fused-ring (bicyclic) bond motifs is 1. The third-order valence-corrected chi connectivity index (χ3v) is 5.70. The third-order valence-electron chi connectivity index (χ3n) is 5.70. The Morgan fingerprint density at radius 2 is 1.70 bits per heavy atom. The highest BCUT2D eigenvalue weighted by Gasteiger charge is 2.30. The van der Waals surface area contributed by atoms with Crippen molar-refractivity contribution in [3.63, 3.8) is 0 Å². The van der Waals surface area contributed by atoms with Gasteiger partial charge in [0.2, 0.25) is 5.91 Å². The number of aromatic amines is 1. The Bertz CT molecular complexity index is 1090. The molecule has 0 unspecified atom stereocenters. The molecule has 3 aromatic rings. The minimum atomic E-state index is -4.38. The fourth-order valence-corrected chi connectivity index (χ4v) is 4.19. The predicted octanol–water partition coefficient (Wildman–Crippen LogP) is 4.19. The van der Waals surface area contributed by atoms with Crippen molar-refractivity contribution in [1.29, 1.82) is 0 Å². The highest BCUT2D eigenvalue weighted by Crippen LogP contribution is 2.30. The summed E-state index contributed by atoms with van der Waals surface area (Å²) in [7, 11) is 0. The van der Waals surface area contributed by atoms with Crippen molar-refractivity contribution in [3.05, 3.63) is 70.1 Å². The average Bonchev–Trinajstić information content (AvgIpc) is 3.04. The summed E-state index contributed by atoms with van der Waals surface area (Å²) in [5.74, 6) is -0.206. The minimum Gasteiger partial charge on any atom is -0.353 e. The highest BCUT2D eigenvalue weighted by atomic mass is 19.4. The second kappa shape index (κ2) is 8.01. The van der Waals surface area contributed by atoms with Gasteiger partial charge in [0.15, 0.2) is 0 Å². The fraction of sp³-hybridized carbons (Fsp3) is 0.364. The first-order chi connectivity index (χ1) is 14.3. The predicted molar refractivity (Wildman–Crippen MR) is 107 cm³/mol. The second-order valence-corrected chi connectivity index (χ2v) is 7.76. The van der Waals surface area contributed by atoms with Gasteiger partial charge in [0, 0.05) is 12.1 Å². The zero-order chi connectivity index (χ0) is 21.3. The van der Waals surface area contributed by atoms with Crippen LogP contribution in [0.5, 0.6) is 0 Å². The van der Waals surface area contributed by atoms with E-state index >= 15 is 0 Å². The Kier molecular flexibility index (Phi) is 5.40. The van der Waals surface area contributed by atoms with Crippen LogP contribution in [-0.2, 0) is 17.4 Å². The third kappa shape index (κ3) is 4.27. The quantitative estimate of drug-likeness (QED) is 0.669. The number of rotatable bonds is 4. The molecule has 0 bridgehead atoms. The van der Waals surface area contributed by atoms with Crippen LogP contribution in [0.3, 0.4) is 0 Å². The summed E-state index contributed by atoms with van der Waals surface area (Å²) in [6.07, 6.45) is -1.31. The van der Waals surface area contributed by atoms with Crippen molar-refractivity contribution in [3.8, 4) is 0 Å². The zero-order valence-corrected chi connectivity index (χ0v) is 16.2. The standard InChI is InChI=1S/C22H22F3N3O2/c23-22(24,25)15-7-5-14(6-8-15)13-20(29)26-16-9-11-17(12-10-16)28-19-4-2-1-3-18(19)27-21(28)30/h1-8,16-17H,9-13H2,(H,26,29)(H,27,30). The van der Waals surface area contributed by atoms with E-state index in [0.717, 1.165) is 48.8 Å². The van der Waals surface area contributed by atoms with Crippen molar-refractivity contribution in [2.75, 3.05) is 0 Å². The van der Waals surface area contributed by atoms with E-state index in [2.05, 4.69) is 10.3 Å². The molecule has 0 saturated heterocycles. The number of carbonyl (C=O) groups is 1. The Balaban J connectivity index is 1.33. The molecule has 1 aromatic heterocycles. The largest absolute Gasteiger partial charge is 0.416 e. The van der Waals surface area contributed by atoms with E-state index in [1.807, 2.05) is 24.3 Å². The van der Waals surface area contributed by atoms with E-state index in [4.69, 9.17) is 0 Å². The van der Waals surface area contributed by atoms with Crippen LogP contribution >= 0.6 is 0 Å². The van der Waals surface area contributed by atoms with Crippen LogP contribution in [0.25, 0.3) is 11.0 Å². The molecule has 2 N–H and O–H groups in total. The molecule has 158 valence electrons. The van der Waals surface area contributed by atoms with Crippen molar-refractivity contribution < 1.29 is 18.0 Å². The number of halogens is 3. The van der Waals surface area contributed by atoms with Crippen LogP contribution in [0.15, 0.2) is 53.3 Å². The summed E-state index contributed by atoms with van der Waals surface area (Å²) in [5, 5.41) is 2.97. The molecule has 0 radical (unpaired) electrons. The summed E-state index contributed by atoms with van der Waals surface area (Å²) in [5.41, 5.74) is 1.40. The number of aromatic nitrogens is 2. The van der Waals surface area contributed by atoms with E-state index < -0.39 is 11.7 Å². The molecular formula is C22H22F3N3O2. The molecule has 0 spiro atoms. The number of hydrogen-bond donors (Lipinski definition) is 2. The van der Waals surface area contributed by atoms with Crippen molar-refractivity contribution in [1.82, 2.24) is 14.9 Å². The average molecular weight is 417 g/mol. The minimum absolute atomic E-state index is 0.00380. The molecule has 30 heavy (non-hydrogen) atoms. The lowest BCUT2D eigenvalue weighted by molar-refractivity contribution is -0.137. The Hall–Kier alpha value is -3.03. The summed E-state index contributed by atoms with van der Waals surface area (Å²) in [6.45, 7) is 0. The van der Waals surface area contributed by atoms with Gasteiger partial charge in [0.1, 0.15) is 0 Å². The van der Waals surface area contributed by atoms with E-state index in [1.54, 1.807) is 4.57 Å². The van der Waals surface area contributed by atoms with Crippen molar-refractivity contribution in [2.24, 2.45) is 0 Å². The van der Waals surface area contributed by atoms with Gasteiger partial charge in [-0.05, 0) is 55.5 Å². The number of hydrogen-bond acceptors (Lipinski definition) is 2. The maximum atomic E-state index is 12.6. The maximum absolute atomic E-state index is 12.6. The van der Waals surface area contributed by atoms with Crippen LogP contribution in [-0.4, -0.2) is 21.5 Å². The van der Waals surface area contributed by atoms with Crippen LogP contribution in [0.2, 0.25) is 0 Å². The van der Waals surface area contributed by atoms with Gasteiger partial charge in [-0.1, -0.05) is 24.3 Å². The first kappa shape index (κ1) is 20.3. The van der Waals surface area contributed by atoms with Gasteiger partial charge >= 0.3 is 11.9 Å². The molecule has 8 heteroatoms. The Morgan fingerprint density at radius 1 is 1.03 bits per heavy atom. The van der Waals surface area contributed by atoms with E-state index in [1.165, 1.54) is 12.1 Å². The van der Waals surface area contributed by atoms with E-state index in [9.17, 15) is 22.8 Å². The van der Waals surface area contributed by atoms with Crippen molar-refractivity contribution in [2.45, 2.75) is 50.4 Å². The number of carbonyl (C=O) groups excluding carboxylic acids is 1. The van der Waals surface area contributed by atoms with E-state index in [-0.39, 0.29) is 30.1 Å².